The molecule has 0 radical (unpaired) electrons. The van der Waals surface area contributed by atoms with Gasteiger partial charge in [0.15, 0.2) is 11.9 Å². The van der Waals surface area contributed by atoms with Crippen molar-refractivity contribution in [3.63, 3.8) is 0 Å². The smallest absolute Gasteiger partial charge is 0.331 e. The highest BCUT2D eigenvalue weighted by molar-refractivity contribution is 5.97. The number of rotatable bonds is 5. The van der Waals surface area contributed by atoms with Crippen LogP contribution < -0.4 is 0 Å². The lowest BCUT2D eigenvalue weighted by Crippen LogP contribution is -2.67. The van der Waals surface area contributed by atoms with Gasteiger partial charge < -0.3 is 24.4 Å². The molecule has 3 aliphatic carbocycles. The van der Waals surface area contributed by atoms with Gasteiger partial charge >= 0.3 is 17.9 Å². The zero-order chi connectivity index (χ0) is 31.1. The van der Waals surface area contributed by atoms with Crippen molar-refractivity contribution in [1.82, 2.24) is 0 Å². The zero-order valence-corrected chi connectivity index (χ0v) is 25.0. The van der Waals surface area contributed by atoms with Crippen LogP contribution in [0.3, 0.4) is 0 Å². The molecule has 1 aromatic carbocycles. The summed E-state index contributed by atoms with van der Waals surface area (Å²) in [5, 5.41) is 23.8. The summed E-state index contributed by atoms with van der Waals surface area (Å²) in [5.41, 5.74) is -0.433. The van der Waals surface area contributed by atoms with E-state index in [1.54, 1.807) is 19.9 Å². The molecule has 2 saturated carbocycles. The van der Waals surface area contributed by atoms with Gasteiger partial charge in [-0.15, -0.1) is 0 Å². The number of carbonyl (C=O) groups excluding carboxylic acids is 4. The van der Waals surface area contributed by atoms with Crippen LogP contribution in [0.4, 0.5) is 0 Å². The van der Waals surface area contributed by atoms with Crippen LogP contribution >= 0.6 is 0 Å². The summed E-state index contributed by atoms with van der Waals surface area (Å²) < 4.78 is 17.4. The van der Waals surface area contributed by atoms with Gasteiger partial charge in [-0.05, 0) is 40.7 Å². The molecule has 2 fully saturated rings. The number of Topliss-reactive ketones (excluding diaryl/α,β-unsaturated/α-hetero) is 1. The molecule has 226 valence electrons. The van der Waals surface area contributed by atoms with Gasteiger partial charge in [0.05, 0.1) is 6.10 Å². The van der Waals surface area contributed by atoms with E-state index in [1.807, 2.05) is 44.2 Å². The van der Waals surface area contributed by atoms with Crippen molar-refractivity contribution in [1.29, 1.82) is 0 Å². The molecule has 3 aliphatic rings. The summed E-state index contributed by atoms with van der Waals surface area (Å²) in [5.74, 6) is -3.76. The predicted octanol–water partition coefficient (Wildman–Crippen LogP) is 3.72. The molecule has 0 spiro atoms. The molecule has 8 atom stereocenters. The van der Waals surface area contributed by atoms with Gasteiger partial charge in [-0.1, -0.05) is 57.7 Å². The molecule has 9 nitrogen and oxygen atoms in total. The standard InChI is InChI=1S/C33H40O9/c1-17-23(36)15-22-29(40-19(3)34)28-18(2)24(42-26(38)14-13-21-11-9-8-10-12-21)16-25(37)33(28,7)31(39)30(41-20(4)35)27(17)32(22,5)6/h8-14,22,24-25,28-31,37,39H,2,15-16H2,1,3-7H3. The summed E-state index contributed by atoms with van der Waals surface area (Å²) in [4.78, 5) is 51.1. The van der Waals surface area contributed by atoms with Crippen molar-refractivity contribution in [3.05, 3.63) is 65.3 Å². The average Bonchev–Trinajstić information content (AvgIpc) is 2.91. The Bertz CT molecular complexity index is 1340. The fourth-order valence-corrected chi connectivity index (χ4v) is 7.30. The monoisotopic (exact) mass is 580 g/mol. The highest BCUT2D eigenvalue weighted by atomic mass is 16.6. The molecule has 42 heavy (non-hydrogen) atoms. The molecule has 0 aromatic heterocycles. The Morgan fingerprint density at radius 2 is 1.62 bits per heavy atom. The molecule has 0 amide bonds. The van der Waals surface area contributed by atoms with E-state index < -0.39 is 71.1 Å². The predicted molar refractivity (Wildman–Crippen MR) is 153 cm³/mol. The summed E-state index contributed by atoms with van der Waals surface area (Å²) in [7, 11) is 0. The Morgan fingerprint density at radius 3 is 2.21 bits per heavy atom. The number of esters is 3. The van der Waals surface area contributed by atoms with Crippen LogP contribution in [0.25, 0.3) is 6.08 Å². The molecule has 4 rings (SSSR count). The van der Waals surface area contributed by atoms with Crippen molar-refractivity contribution < 1.29 is 43.6 Å². The number of carbonyl (C=O) groups is 4. The lowest BCUT2D eigenvalue weighted by Gasteiger charge is -2.60. The maximum atomic E-state index is 13.3. The molecule has 1 aromatic rings. The molecule has 8 unspecified atom stereocenters. The van der Waals surface area contributed by atoms with Crippen molar-refractivity contribution in [3.8, 4) is 0 Å². The van der Waals surface area contributed by atoms with Crippen LogP contribution in [0.15, 0.2) is 59.7 Å². The van der Waals surface area contributed by atoms with Gasteiger partial charge in [0, 0.05) is 50.0 Å². The number of hydrogen-bond acceptors (Lipinski definition) is 9. The van der Waals surface area contributed by atoms with Crippen LogP contribution in [-0.4, -0.2) is 64.4 Å². The highest BCUT2D eigenvalue weighted by Gasteiger charge is 2.65. The molecular weight excluding hydrogens is 540 g/mol. The van der Waals surface area contributed by atoms with Gasteiger partial charge in [-0.2, -0.15) is 0 Å². The SMILES string of the molecule is C=C1C(OC(=O)C=Cc2ccccc2)CC(O)C2(C)C(O)C(OC(C)=O)C3=C(C)C(=O)CC(C(OC(C)=O)C12)C3(C)C. The second-order valence-corrected chi connectivity index (χ2v) is 12.4. The largest absolute Gasteiger partial charge is 0.462 e. The van der Waals surface area contributed by atoms with E-state index >= 15 is 0 Å². The van der Waals surface area contributed by atoms with Crippen LogP contribution in [-0.2, 0) is 33.4 Å². The van der Waals surface area contributed by atoms with E-state index in [2.05, 4.69) is 6.58 Å². The van der Waals surface area contributed by atoms with E-state index in [0.717, 1.165) is 5.56 Å². The normalized spacial score (nSPS) is 34.2. The molecule has 0 aliphatic heterocycles. The third-order valence-corrected chi connectivity index (χ3v) is 9.49. The first-order valence-electron chi connectivity index (χ1n) is 14.2. The maximum Gasteiger partial charge on any atom is 0.331 e. The van der Waals surface area contributed by atoms with E-state index in [0.29, 0.717) is 16.7 Å². The highest BCUT2D eigenvalue weighted by Crippen LogP contribution is 2.60. The van der Waals surface area contributed by atoms with Crippen molar-refractivity contribution in [2.75, 3.05) is 0 Å². The van der Waals surface area contributed by atoms with E-state index in [9.17, 15) is 29.4 Å². The minimum Gasteiger partial charge on any atom is -0.462 e. The minimum absolute atomic E-state index is 0.0173. The Labute approximate surface area is 246 Å². The Hall–Kier alpha value is -3.56. The zero-order valence-electron chi connectivity index (χ0n) is 25.0. The number of hydrogen-bond donors (Lipinski definition) is 2. The third-order valence-electron chi connectivity index (χ3n) is 9.49. The summed E-state index contributed by atoms with van der Waals surface area (Å²) in [6, 6.07) is 9.19. The molecule has 2 bridgehead atoms. The number of ether oxygens (including phenoxy) is 3. The number of fused-ring (bicyclic) bond motifs is 3. The Balaban J connectivity index is 1.83. The number of benzene rings is 1. The maximum absolute atomic E-state index is 13.3. The number of aliphatic hydroxyl groups excluding tert-OH is 2. The van der Waals surface area contributed by atoms with Gasteiger partial charge in [-0.25, -0.2) is 4.79 Å². The van der Waals surface area contributed by atoms with Crippen LogP contribution in [0, 0.1) is 22.7 Å². The van der Waals surface area contributed by atoms with Crippen molar-refractivity contribution in [2.24, 2.45) is 22.7 Å². The topological polar surface area (TPSA) is 136 Å². The minimum atomic E-state index is -1.53. The van der Waals surface area contributed by atoms with Crippen LogP contribution in [0.2, 0.25) is 0 Å². The van der Waals surface area contributed by atoms with Crippen molar-refractivity contribution >= 4 is 29.8 Å². The molecule has 0 saturated heterocycles. The number of ketones is 1. The fourth-order valence-electron chi connectivity index (χ4n) is 7.30. The summed E-state index contributed by atoms with van der Waals surface area (Å²) >= 11 is 0. The lowest BCUT2D eigenvalue weighted by molar-refractivity contribution is -0.212. The molecular formula is C33H40O9. The summed E-state index contributed by atoms with van der Waals surface area (Å²) in [6.45, 7) is 13.7. The first-order valence-corrected chi connectivity index (χ1v) is 14.2. The first-order chi connectivity index (χ1) is 19.6. The van der Waals surface area contributed by atoms with E-state index in [4.69, 9.17) is 14.2 Å². The quantitative estimate of drug-likeness (QED) is 0.231. The molecule has 0 heterocycles. The van der Waals surface area contributed by atoms with Gasteiger partial charge in [0.2, 0.25) is 0 Å². The van der Waals surface area contributed by atoms with Gasteiger partial charge in [0.1, 0.15) is 18.3 Å². The molecule has 2 N–H and O–H groups in total. The van der Waals surface area contributed by atoms with Crippen LogP contribution in [0.1, 0.15) is 59.9 Å². The lowest BCUT2D eigenvalue weighted by atomic mass is 9.48. The fraction of sp³-hybridized carbons (Fsp3) is 0.515. The first kappa shape index (κ1) is 31.4. The van der Waals surface area contributed by atoms with Gasteiger partial charge in [0.25, 0.3) is 0 Å². The number of allylic oxidation sites excluding steroid dienone is 1. The Morgan fingerprint density at radius 1 is 1.00 bits per heavy atom. The van der Waals surface area contributed by atoms with Crippen LogP contribution in [0.5, 0.6) is 0 Å². The Kier molecular flexibility index (Phi) is 8.67. The average molecular weight is 581 g/mol. The number of aliphatic hydroxyl groups is 2. The van der Waals surface area contributed by atoms with E-state index in [-0.39, 0.29) is 18.6 Å². The van der Waals surface area contributed by atoms with E-state index in [1.165, 1.54) is 19.9 Å². The van der Waals surface area contributed by atoms with Gasteiger partial charge in [-0.3, -0.25) is 14.4 Å². The van der Waals surface area contributed by atoms with Crippen molar-refractivity contribution in [2.45, 2.75) is 84.9 Å². The molecule has 9 heteroatoms. The third kappa shape index (κ3) is 5.47. The second-order valence-electron chi connectivity index (χ2n) is 12.4. The summed E-state index contributed by atoms with van der Waals surface area (Å²) in [6.07, 6.45) is -3.29. The second kappa shape index (κ2) is 11.6.